The molecule has 0 spiro atoms. The van der Waals surface area contributed by atoms with Crippen LogP contribution in [0.2, 0.25) is 39.3 Å². The number of nitrogens with zero attached hydrogens (tertiary/aromatic N) is 2. The smallest absolute Gasteiger partial charge is 0.0776 e. The summed E-state index contributed by atoms with van der Waals surface area (Å²) in [5.74, 6) is 0. The van der Waals surface area contributed by atoms with Crippen molar-refractivity contribution in [2.24, 2.45) is 0 Å². The van der Waals surface area contributed by atoms with Gasteiger partial charge in [0, 0.05) is 44.3 Å². The number of hydrogen-bond donors (Lipinski definition) is 0. The molecule has 11 rings (SSSR count). The second-order valence-corrected chi connectivity index (χ2v) is 32.3. The van der Waals surface area contributed by atoms with Crippen LogP contribution in [-0.4, -0.2) is 16.1 Å². The van der Waals surface area contributed by atoms with Crippen molar-refractivity contribution >= 4 is 104 Å². The summed E-state index contributed by atoms with van der Waals surface area (Å²) in [6, 6.07) is 78.6. The molecular weight excluding hydrogens is 901 g/mol. The summed E-state index contributed by atoms with van der Waals surface area (Å²) in [5.41, 5.74) is 16.9. The molecule has 0 N–H and O–H groups in total. The van der Waals surface area contributed by atoms with E-state index in [1.165, 1.54) is 109 Å². The fourth-order valence-electron chi connectivity index (χ4n) is 10.8. The number of benzene rings is 11. The normalized spacial score (nSPS) is 12.0. The van der Waals surface area contributed by atoms with Gasteiger partial charge in [-0.05, 0) is 126 Å². The number of aryl methyl sites for hydroxylation is 4. The third-order valence-electron chi connectivity index (χ3n) is 14.8. The fraction of sp³-hybridized carbons (Fsp3) is 0.147. The Labute approximate surface area is 428 Å². The SMILES string of the molecule is Cc1ccc(N(c2ccc(C)cc2)c2c3ccccc3c(-c3cccc(-c4c5ccccc5c(N(c5ccc(C)cc5)c5ccc(C)cc5)c5ccc([Si](C)(C)C)cc45)c3)c3cc([Si](C)(C)C)ccc23)cc1. The highest BCUT2D eigenvalue weighted by Crippen LogP contribution is 2.51. The summed E-state index contributed by atoms with van der Waals surface area (Å²) < 4.78 is 0. The molecule has 4 heteroatoms. The van der Waals surface area contributed by atoms with E-state index in [0.717, 1.165) is 22.7 Å². The van der Waals surface area contributed by atoms with Gasteiger partial charge >= 0.3 is 0 Å². The summed E-state index contributed by atoms with van der Waals surface area (Å²) in [5, 5.41) is 12.9. The van der Waals surface area contributed by atoms with E-state index in [0.29, 0.717) is 0 Å². The van der Waals surface area contributed by atoms with E-state index < -0.39 is 16.1 Å². The molecule has 11 aromatic carbocycles. The molecular formula is C68H64N2Si2. The van der Waals surface area contributed by atoms with Gasteiger partial charge in [0.05, 0.1) is 27.5 Å². The molecule has 0 saturated heterocycles. The van der Waals surface area contributed by atoms with Crippen LogP contribution in [0.5, 0.6) is 0 Å². The van der Waals surface area contributed by atoms with Crippen LogP contribution in [0, 0.1) is 27.7 Å². The first-order valence-corrected chi connectivity index (χ1v) is 32.6. The van der Waals surface area contributed by atoms with Crippen molar-refractivity contribution in [3.05, 3.63) is 229 Å². The number of anilines is 6. The molecule has 0 unspecified atom stereocenters. The van der Waals surface area contributed by atoms with E-state index in [-0.39, 0.29) is 0 Å². The van der Waals surface area contributed by atoms with Gasteiger partial charge in [-0.1, -0.05) is 224 Å². The fourth-order valence-corrected chi connectivity index (χ4v) is 13.1. The van der Waals surface area contributed by atoms with Crippen LogP contribution in [0.4, 0.5) is 34.1 Å². The van der Waals surface area contributed by atoms with Crippen LogP contribution < -0.4 is 20.2 Å². The lowest BCUT2D eigenvalue weighted by atomic mass is 9.86. The minimum absolute atomic E-state index is 1.14. The van der Waals surface area contributed by atoms with Gasteiger partial charge in [0.25, 0.3) is 0 Å². The van der Waals surface area contributed by atoms with E-state index in [4.69, 9.17) is 0 Å². The van der Waals surface area contributed by atoms with E-state index in [9.17, 15) is 0 Å². The van der Waals surface area contributed by atoms with Gasteiger partial charge < -0.3 is 9.80 Å². The average Bonchev–Trinajstić information content (AvgIpc) is 3.37. The van der Waals surface area contributed by atoms with E-state index in [2.05, 4.69) is 283 Å². The standard InChI is InChI=1S/C68H64N2Si2/c1-45-22-30-51(31-23-45)69(52-32-24-46(2)25-33-52)67-59-20-13-11-18-57(59)65(63-43-55(71(5,6)7)38-40-61(63)67)49-16-15-17-50(42-49)66-58-19-12-14-21-60(58)68(62-41-39-56(44-64(62)66)72(8,9)10)70(53-34-26-47(3)27-35-53)54-36-28-48(4)29-37-54/h11-44H,1-10H3. The van der Waals surface area contributed by atoms with Gasteiger partial charge in [0.2, 0.25) is 0 Å². The Bertz CT molecular complexity index is 3500. The minimum atomic E-state index is -1.76. The van der Waals surface area contributed by atoms with Crippen molar-refractivity contribution in [3.8, 4) is 22.3 Å². The molecule has 0 aliphatic rings. The Kier molecular flexibility index (Phi) is 11.9. The minimum Gasteiger partial charge on any atom is -0.309 e. The molecule has 0 radical (unpaired) electrons. The van der Waals surface area contributed by atoms with E-state index >= 15 is 0 Å². The highest BCUT2D eigenvalue weighted by Gasteiger charge is 2.28. The maximum absolute atomic E-state index is 2.55. The van der Waals surface area contributed by atoms with E-state index in [1.54, 1.807) is 0 Å². The van der Waals surface area contributed by atoms with Gasteiger partial charge in [-0.3, -0.25) is 0 Å². The summed E-state index contributed by atoms with van der Waals surface area (Å²) in [7, 11) is -3.51. The molecule has 0 atom stereocenters. The van der Waals surface area contributed by atoms with Gasteiger partial charge in [-0.25, -0.2) is 0 Å². The van der Waals surface area contributed by atoms with Gasteiger partial charge in [0.15, 0.2) is 0 Å². The predicted octanol–water partition coefficient (Wildman–Crippen LogP) is 18.9. The second-order valence-electron chi connectivity index (χ2n) is 22.2. The lowest BCUT2D eigenvalue weighted by Gasteiger charge is -2.31. The van der Waals surface area contributed by atoms with Crippen LogP contribution >= 0.6 is 0 Å². The Morgan fingerprint density at radius 2 is 0.556 bits per heavy atom. The molecule has 0 bridgehead atoms. The van der Waals surface area contributed by atoms with Crippen molar-refractivity contribution in [2.75, 3.05) is 9.80 Å². The van der Waals surface area contributed by atoms with Crippen molar-refractivity contribution in [3.63, 3.8) is 0 Å². The molecule has 0 heterocycles. The number of rotatable bonds is 10. The van der Waals surface area contributed by atoms with Crippen LogP contribution in [0.1, 0.15) is 22.3 Å². The third kappa shape index (κ3) is 8.53. The molecule has 0 aliphatic carbocycles. The molecule has 0 aliphatic heterocycles. The zero-order valence-electron chi connectivity index (χ0n) is 43.5. The highest BCUT2D eigenvalue weighted by atomic mass is 28.3. The molecule has 72 heavy (non-hydrogen) atoms. The lowest BCUT2D eigenvalue weighted by molar-refractivity contribution is 1.29. The maximum Gasteiger partial charge on any atom is 0.0776 e. The molecule has 0 aromatic heterocycles. The molecule has 11 aromatic rings. The lowest BCUT2D eigenvalue weighted by Crippen LogP contribution is -2.37. The third-order valence-corrected chi connectivity index (χ3v) is 18.9. The molecule has 354 valence electrons. The Hall–Kier alpha value is -7.51. The van der Waals surface area contributed by atoms with Crippen molar-refractivity contribution < 1.29 is 0 Å². The Morgan fingerprint density at radius 3 is 0.861 bits per heavy atom. The monoisotopic (exact) mass is 964 g/mol. The molecule has 0 amide bonds. The summed E-state index contributed by atoms with van der Waals surface area (Å²) >= 11 is 0. The first-order chi connectivity index (χ1) is 34.6. The van der Waals surface area contributed by atoms with E-state index in [1.807, 2.05) is 0 Å². The maximum atomic E-state index is 2.55. The first kappa shape index (κ1) is 46.9. The van der Waals surface area contributed by atoms with Crippen molar-refractivity contribution in [1.82, 2.24) is 0 Å². The predicted molar refractivity (Wildman–Crippen MR) is 322 cm³/mol. The quantitative estimate of drug-likeness (QED) is 0.0995. The second kappa shape index (κ2) is 18.3. The van der Waals surface area contributed by atoms with Crippen LogP contribution in [0.3, 0.4) is 0 Å². The highest BCUT2D eigenvalue weighted by molar-refractivity contribution is 6.89. The molecule has 2 nitrogen and oxygen atoms in total. The summed E-state index contributed by atoms with van der Waals surface area (Å²) in [6.45, 7) is 23.5. The molecule has 0 fully saturated rings. The largest absolute Gasteiger partial charge is 0.309 e. The van der Waals surface area contributed by atoms with Crippen LogP contribution in [0.15, 0.2) is 206 Å². The van der Waals surface area contributed by atoms with Crippen LogP contribution in [0.25, 0.3) is 65.3 Å². The van der Waals surface area contributed by atoms with Crippen LogP contribution in [-0.2, 0) is 0 Å². The zero-order valence-corrected chi connectivity index (χ0v) is 45.5. The van der Waals surface area contributed by atoms with Gasteiger partial charge in [-0.15, -0.1) is 0 Å². The summed E-state index contributed by atoms with van der Waals surface area (Å²) in [6.07, 6.45) is 0. The Morgan fingerprint density at radius 1 is 0.264 bits per heavy atom. The van der Waals surface area contributed by atoms with Gasteiger partial charge in [0.1, 0.15) is 0 Å². The average molecular weight is 965 g/mol. The number of fused-ring (bicyclic) bond motifs is 4. The number of hydrogen-bond acceptors (Lipinski definition) is 2. The Balaban J connectivity index is 1.22. The first-order valence-electron chi connectivity index (χ1n) is 25.6. The topological polar surface area (TPSA) is 6.48 Å². The zero-order chi connectivity index (χ0) is 50.1. The summed E-state index contributed by atoms with van der Waals surface area (Å²) in [4.78, 5) is 4.98. The molecule has 0 saturated carbocycles. The van der Waals surface area contributed by atoms with Gasteiger partial charge in [-0.2, -0.15) is 0 Å². The van der Waals surface area contributed by atoms with Crippen molar-refractivity contribution in [2.45, 2.75) is 67.0 Å². The van der Waals surface area contributed by atoms with Crippen molar-refractivity contribution in [1.29, 1.82) is 0 Å².